The Morgan fingerprint density at radius 3 is 3.00 bits per heavy atom. The van der Waals surface area contributed by atoms with Crippen molar-refractivity contribution in [3.05, 3.63) is 16.4 Å². The minimum atomic E-state index is -0.576. The smallest absolute Gasteiger partial charge is 0.434 e. The molecule has 0 amide bonds. The van der Waals surface area contributed by atoms with Gasteiger partial charge in [-0.25, -0.2) is 9.89 Å². The van der Waals surface area contributed by atoms with Crippen LogP contribution in [0, 0.1) is 0 Å². The van der Waals surface area contributed by atoms with Crippen LogP contribution in [0.25, 0.3) is 0 Å². The predicted molar refractivity (Wildman–Crippen MR) is 42.1 cm³/mol. The number of ether oxygens (including phenoxy) is 1. The Labute approximate surface area is 73.9 Å². The second-order valence-corrected chi connectivity index (χ2v) is 2.44. The molecule has 0 aromatic carbocycles. The fraction of sp³-hybridized carbons (Fsp3) is 0.571. The van der Waals surface area contributed by atoms with E-state index in [0.29, 0.717) is 25.2 Å². The van der Waals surface area contributed by atoms with Crippen LogP contribution in [0.1, 0.15) is 18.7 Å². The minimum Gasteiger partial charge on any atom is -0.469 e. The second kappa shape index (κ2) is 4.44. The van der Waals surface area contributed by atoms with Crippen molar-refractivity contribution in [2.24, 2.45) is 0 Å². The van der Waals surface area contributed by atoms with Crippen LogP contribution in [-0.4, -0.2) is 23.3 Å². The molecule has 0 aliphatic carbocycles. The van der Waals surface area contributed by atoms with Gasteiger partial charge in [-0.15, -0.1) is 5.10 Å². The van der Waals surface area contributed by atoms with Crippen LogP contribution in [0.3, 0.4) is 0 Å². The lowest BCUT2D eigenvalue weighted by molar-refractivity contribution is -0.140. The van der Waals surface area contributed by atoms with Gasteiger partial charge in [0.2, 0.25) is 5.89 Å². The third-order valence-corrected chi connectivity index (χ3v) is 1.48. The van der Waals surface area contributed by atoms with Gasteiger partial charge in [0, 0.05) is 12.8 Å². The van der Waals surface area contributed by atoms with Crippen LogP contribution in [0.5, 0.6) is 0 Å². The normalized spacial score (nSPS) is 9.92. The molecule has 0 saturated carbocycles. The summed E-state index contributed by atoms with van der Waals surface area (Å²) >= 11 is 0. The molecule has 0 atom stereocenters. The molecule has 0 fully saturated rings. The summed E-state index contributed by atoms with van der Waals surface area (Å²) in [5, 5.41) is 5.71. The van der Waals surface area contributed by atoms with Gasteiger partial charge in [-0.05, 0) is 6.42 Å². The highest BCUT2D eigenvalue weighted by Crippen LogP contribution is 1.99. The topological polar surface area (TPSA) is 85.2 Å². The van der Waals surface area contributed by atoms with Crippen molar-refractivity contribution >= 4 is 5.97 Å². The molecular formula is C7H10N2O4. The van der Waals surface area contributed by atoms with E-state index in [-0.39, 0.29) is 5.97 Å². The van der Waals surface area contributed by atoms with Crippen molar-refractivity contribution in [1.29, 1.82) is 0 Å². The van der Waals surface area contributed by atoms with Crippen molar-refractivity contribution in [2.75, 3.05) is 7.11 Å². The van der Waals surface area contributed by atoms with Gasteiger partial charge in [0.15, 0.2) is 0 Å². The van der Waals surface area contributed by atoms with E-state index in [4.69, 9.17) is 0 Å². The van der Waals surface area contributed by atoms with Crippen LogP contribution in [0.4, 0.5) is 0 Å². The number of carbonyl (C=O) groups is 1. The zero-order valence-corrected chi connectivity index (χ0v) is 7.20. The highest BCUT2D eigenvalue weighted by Gasteiger charge is 2.04. The summed E-state index contributed by atoms with van der Waals surface area (Å²) in [5.74, 6) is -0.542. The number of esters is 1. The number of hydrogen-bond donors (Lipinski definition) is 1. The summed E-state index contributed by atoms with van der Waals surface area (Å²) in [6.07, 6.45) is 1.31. The number of aryl methyl sites for hydroxylation is 1. The molecule has 0 aliphatic rings. The fourth-order valence-corrected chi connectivity index (χ4v) is 0.854. The van der Waals surface area contributed by atoms with E-state index in [9.17, 15) is 9.59 Å². The molecule has 0 unspecified atom stereocenters. The van der Waals surface area contributed by atoms with Gasteiger partial charge < -0.3 is 9.15 Å². The molecule has 13 heavy (non-hydrogen) atoms. The second-order valence-electron chi connectivity index (χ2n) is 2.44. The third kappa shape index (κ3) is 3.10. The lowest BCUT2D eigenvalue weighted by Crippen LogP contribution is -2.00. The minimum absolute atomic E-state index is 0.280. The van der Waals surface area contributed by atoms with Crippen LogP contribution in [0.15, 0.2) is 9.21 Å². The molecular weight excluding hydrogens is 176 g/mol. The van der Waals surface area contributed by atoms with Gasteiger partial charge in [-0.2, -0.15) is 0 Å². The molecule has 0 radical (unpaired) electrons. The number of rotatable bonds is 4. The maximum atomic E-state index is 10.7. The zero-order chi connectivity index (χ0) is 9.68. The first-order chi connectivity index (χ1) is 6.22. The number of H-pyrrole nitrogens is 1. The van der Waals surface area contributed by atoms with Crippen LogP contribution in [-0.2, 0) is 16.0 Å². The van der Waals surface area contributed by atoms with E-state index in [1.54, 1.807) is 0 Å². The third-order valence-electron chi connectivity index (χ3n) is 1.48. The zero-order valence-electron chi connectivity index (χ0n) is 7.20. The maximum absolute atomic E-state index is 10.7. The molecule has 1 aromatic rings. The van der Waals surface area contributed by atoms with Crippen LogP contribution < -0.4 is 5.76 Å². The van der Waals surface area contributed by atoms with Crippen molar-refractivity contribution in [1.82, 2.24) is 10.2 Å². The van der Waals surface area contributed by atoms with Crippen LogP contribution in [0.2, 0.25) is 0 Å². The SMILES string of the molecule is COC(=O)CCCc1n[nH]c(=O)o1. The summed E-state index contributed by atoms with van der Waals surface area (Å²) < 4.78 is 9.06. The molecule has 6 heteroatoms. The quantitative estimate of drug-likeness (QED) is 0.661. The van der Waals surface area contributed by atoms with E-state index in [2.05, 4.69) is 19.4 Å². The molecule has 0 saturated heterocycles. The molecule has 1 rings (SSSR count). The molecule has 1 heterocycles. The van der Waals surface area contributed by atoms with Gasteiger partial charge in [-0.1, -0.05) is 0 Å². The van der Waals surface area contributed by atoms with E-state index in [1.165, 1.54) is 7.11 Å². The Morgan fingerprint density at radius 1 is 1.69 bits per heavy atom. The van der Waals surface area contributed by atoms with Gasteiger partial charge in [-0.3, -0.25) is 4.79 Å². The first-order valence-corrected chi connectivity index (χ1v) is 3.83. The Hall–Kier alpha value is -1.59. The lowest BCUT2D eigenvalue weighted by atomic mass is 10.2. The highest BCUT2D eigenvalue weighted by molar-refractivity contribution is 5.68. The molecule has 0 bridgehead atoms. The number of carbonyl (C=O) groups excluding carboxylic acids is 1. The van der Waals surface area contributed by atoms with Crippen molar-refractivity contribution in [3.8, 4) is 0 Å². The Bertz CT molecular complexity index is 327. The monoisotopic (exact) mass is 186 g/mol. The first kappa shape index (κ1) is 9.50. The molecule has 1 N–H and O–H groups in total. The van der Waals surface area contributed by atoms with Gasteiger partial charge in [0.05, 0.1) is 7.11 Å². The summed E-state index contributed by atoms with van der Waals surface area (Å²) in [6, 6.07) is 0. The largest absolute Gasteiger partial charge is 0.469 e. The van der Waals surface area contributed by atoms with Crippen molar-refractivity contribution < 1.29 is 13.9 Å². The van der Waals surface area contributed by atoms with E-state index < -0.39 is 5.76 Å². The van der Waals surface area contributed by atoms with E-state index >= 15 is 0 Å². The van der Waals surface area contributed by atoms with Gasteiger partial charge in [0.25, 0.3) is 0 Å². The summed E-state index contributed by atoms with van der Waals surface area (Å²) in [7, 11) is 1.33. The summed E-state index contributed by atoms with van der Waals surface area (Å²) in [5.41, 5.74) is 0. The number of methoxy groups -OCH3 is 1. The highest BCUT2D eigenvalue weighted by atomic mass is 16.5. The van der Waals surface area contributed by atoms with Gasteiger partial charge in [0.1, 0.15) is 0 Å². The molecule has 0 spiro atoms. The molecule has 6 nitrogen and oxygen atoms in total. The number of aromatic amines is 1. The van der Waals surface area contributed by atoms with E-state index in [0.717, 1.165) is 0 Å². The van der Waals surface area contributed by atoms with Crippen molar-refractivity contribution in [2.45, 2.75) is 19.3 Å². The number of hydrogen-bond acceptors (Lipinski definition) is 5. The Morgan fingerprint density at radius 2 is 2.46 bits per heavy atom. The average molecular weight is 186 g/mol. The lowest BCUT2D eigenvalue weighted by Gasteiger charge is -1.95. The Balaban J connectivity index is 2.28. The first-order valence-electron chi connectivity index (χ1n) is 3.83. The maximum Gasteiger partial charge on any atom is 0.434 e. The van der Waals surface area contributed by atoms with Gasteiger partial charge >= 0.3 is 11.7 Å². The molecule has 0 aliphatic heterocycles. The Kier molecular flexibility index (Phi) is 3.24. The standard InChI is InChI=1S/C7H10N2O4/c1-12-6(10)4-2-3-5-8-9-7(11)13-5/h2-4H2,1H3,(H,9,11). The van der Waals surface area contributed by atoms with E-state index in [1.807, 2.05) is 0 Å². The number of nitrogens with one attached hydrogen (secondary N) is 1. The number of aromatic nitrogens is 2. The summed E-state index contributed by atoms with van der Waals surface area (Å²) in [6.45, 7) is 0. The predicted octanol–water partition coefficient (Wildman–Crippen LogP) is -0.141. The number of nitrogens with zero attached hydrogens (tertiary/aromatic N) is 1. The molecule has 1 aromatic heterocycles. The molecule has 72 valence electrons. The van der Waals surface area contributed by atoms with Crippen molar-refractivity contribution in [3.63, 3.8) is 0 Å². The average Bonchev–Trinajstić information content (AvgIpc) is 2.51. The fourth-order valence-electron chi connectivity index (χ4n) is 0.854. The summed E-state index contributed by atoms with van der Waals surface area (Å²) in [4.78, 5) is 21.1. The van der Waals surface area contributed by atoms with Crippen LogP contribution >= 0.6 is 0 Å².